The van der Waals surface area contributed by atoms with Gasteiger partial charge in [-0.2, -0.15) is 0 Å². The summed E-state index contributed by atoms with van der Waals surface area (Å²) < 4.78 is 27.9. The maximum atomic E-state index is 13.1. The summed E-state index contributed by atoms with van der Waals surface area (Å²) in [5.41, 5.74) is -0.692. The molecular formula is C34H54O10. The van der Waals surface area contributed by atoms with Gasteiger partial charge in [0.15, 0.2) is 0 Å². The van der Waals surface area contributed by atoms with Crippen molar-refractivity contribution >= 4 is 17.9 Å². The molecule has 10 unspecified atom stereocenters. The fourth-order valence-electron chi connectivity index (χ4n) is 5.46. The first kappa shape index (κ1) is 37.7. The lowest BCUT2D eigenvalue weighted by Gasteiger charge is -2.33. The third-order valence-corrected chi connectivity index (χ3v) is 8.34. The number of aliphatic hydroxyl groups excluding tert-OH is 1. The molecule has 0 aromatic carbocycles. The summed E-state index contributed by atoms with van der Waals surface area (Å²) in [5, 5.41) is 21.4. The molecule has 0 spiro atoms. The summed E-state index contributed by atoms with van der Waals surface area (Å²) in [6.07, 6.45) is 8.27. The Morgan fingerprint density at radius 2 is 1.89 bits per heavy atom. The van der Waals surface area contributed by atoms with E-state index in [4.69, 9.17) is 23.7 Å². The third kappa shape index (κ3) is 12.5. The van der Waals surface area contributed by atoms with Crippen LogP contribution < -0.4 is 0 Å². The van der Waals surface area contributed by atoms with Gasteiger partial charge in [0, 0.05) is 25.4 Å². The quantitative estimate of drug-likeness (QED) is 0.0984. The molecule has 0 radical (unpaired) electrons. The summed E-state index contributed by atoms with van der Waals surface area (Å²) in [6.45, 7) is 14.5. The number of epoxide rings is 1. The van der Waals surface area contributed by atoms with E-state index in [1.165, 1.54) is 6.92 Å². The van der Waals surface area contributed by atoms with Gasteiger partial charge in [-0.3, -0.25) is 9.59 Å². The molecule has 0 amide bonds. The standard InChI is InChI=1S/C34H54O10/c1-9-27(36)24(6)33-28(43-33)18-21(3)12-11-13-22(4)32-23(5)14-15-29(41-25(7)35)34(8,39)17-16-26(19-30(37)44-32)42-31(38)20-40-10-2/h11-15,21,23-24,26-29,32-33,36,39H,9-10,16-20H2,1-8H3. The molecule has 10 atom stereocenters. The summed E-state index contributed by atoms with van der Waals surface area (Å²) in [4.78, 5) is 37.3. The van der Waals surface area contributed by atoms with Crippen molar-refractivity contribution in [2.75, 3.05) is 13.2 Å². The highest BCUT2D eigenvalue weighted by Crippen LogP contribution is 2.36. The zero-order chi connectivity index (χ0) is 33.0. The molecule has 2 heterocycles. The van der Waals surface area contributed by atoms with Gasteiger partial charge < -0.3 is 33.9 Å². The van der Waals surface area contributed by atoms with Crippen LogP contribution in [0.15, 0.2) is 36.0 Å². The molecule has 10 nitrogen and oxygen atoms in total. The molecule has 2 rings (SSSR count). The van der Waals surface area contributed by atoms with E-state index >= 15 is 0 Å². The third-order valence-electron chi connectivity index (χ3n) is 8.34. The lowest BCUT2D eigenvalue weighted by Crippen LogP contribution is -2.42. The number of allylic oxidation sites excluding steroid dienone is 3. The largest absolute Gasteiger partial charge is 0.460 e. The van der Waals surface area contributed by atoms with E-state index in [-0.39, 0.29) is 61.9 Å². The minimum Gasteiger partial charge on any atom is -0.460 e. The summed E-state index contributed by atoms with van der Waals surface area (Å²) in [5.74, 6) is -1.70. The SMILES string of the molecule is CCOCC(=O)OC1CCC(C)(O)C(OC(C)=O)C=CC(C)C(C(C)=CC=CC(C)CC2OC2C(C)C(O)CC)OC(=O)C1. The van der Waals surface area contributed by atoms with Crippen LogP contribution in [-0.2, 0) is 38.1 Å². The Balaban J connectivity index is 2.22. The highest BCUT2D eigenvalue weighted by atomic mass is 16.6. The second-order valence-corrected chi connectivity index (χ2v) is 12.5. The first-order valence-corrected chi connectivity index (χ1v) is 15.9. The summed E-state index contributed by atoms with van der Waals surface area (Å²) in [7, 11) is 0. The van der Waals surface area contributed by atoms with Gasteiger partial charge in [0.25, 0.3) is 0 Å². The predicted molar refractivity (Wildman–Crippen MR) is 165 cm³/mol. The van der Waals surface area contributed by atoms with Crippen molar-refractivity contribution in [2.45, 2.75) is 130 Å². The highest BCUT2D eigenvalue weighted by Gasteiger charge is 2.45. The monoisotopic (exact) mass is 622 g/mol. The van der Waals surface area contributed by atoms with E-state index < -0.39 is 41.8 Å². The average Bonchev–Trinajstić information content (AvgIpc) is 3.72. The van der Waals surface area contributed by atoms with Crippen molar-refractivity contribution in [2.24, 2.45) is 17.8 Å². The van der Waals surface area contributed by atoms with E-state index in [2.05, 4.69) is 13.0 Å². The summed E-state index contributed by atoms with van der Waals surface area (Å²) in [6, 6.07) is 0. The summed E-state index contributed by atoms with van der Waals surface area (Å²) >= 11 is 0. The number of carbonyl (C=O) groups is 3. The smallest absolute Gasteiger partial charge is 0.332 e. The van der Waals surface area contributed by atoms with Gasteiger partial charge in [-0.05, 0) is 64.0 Å². The Kier molecular flexibility index (Phi) is 15.3. The Morgan fingerprint density at radius 1 is 1.18 bits per heavy atom. The van der Waals surface area contributed by atoms with E-state index in [1.807, 2.05) is 39.8 Å². The van der Waals surface area contributed by atoms with Crippen LogP contribution in [0.2, 0.25) is 0 Å². The van der Waals surface area contributed by atoms with Crippen molar-refractivity contribution in [3.05, 3.63) is 36.0 Å². The Hall–Kier alpha value is -2.53. The molecule has 0 aliphatic carbocycles. The van der Waals surface area contributed by atoms with Crippen LogP contribution in [0.25, 0.3) is 0 Å². The van der Waals surface area contributed by atoms with Crippen molar-refractivity contribution in [3.8, 4) is 0 Å². The molecule has 1 saturated heterocycles. The second-order valence-electron chi connectivity index (χ2n) is 12.5. The van der Waals surface area contributed by atoms with E-state index in [1.54, 1.807) is 26.0 Å². The van der Waals surface area contributed by atoms with Crippen LogP contribution in [0, 0.1) is 17.8 Å². The van der Waals surface area contributed by atoms with Crippen LogP contribution in [0.1, 0.15) is 87.5 Å². The molecule has 0 bridgehead atoms. The minimum absolute atomic E-state index is 0.0835. The van der Waals surface area contributed by atoms with Crippen LogP contribution in [0.5, 0.6) is 0 Å². The van der Waals surface area contributed by atoms with Gasteiger partial charge in [0.1, 0.15) is 30.5 Å². The average molecular weight is 623 g/mol. The first-order valence-electron chi connectivity index (χ1n) is 15.9. The molecule has 0 aromatic rings. The number of esters is 3. The topological polar surface area (TPSA) is 141 Å². The van der Waals surface area contributed by atoms with Gasteiger partial charge in [0.05, 0.1) is 24.7 Å². The lowest BCUT2D eigenvalue weighted by molar-refractivity contribution is -0.163. The molecule has 2 aliphatic rings. The first-order chi connectivity index (χ1) is 20.7. The van der Waals surface area contributed by atoms with E-state index in [0.717, 1.165) is 12.0 Å². The maximum Gasteiger partial charge on any atom is 0.332 e. The predicted octanol–water partition coefficient (Wildman–Crippen LogP) is 4.61. The number of hydrogen-bond acceptors (Lipinski definition) is 10. The Labute approximate surface area is 262 Å². The van der Waals surface area contributed by atoms with Gasteiger partial charge >= 0.3 is 17.9 Å². The molecule has 44 heavy (non-hydrogen) atoms. The molecule has 2 aliphatic heterocycles. The normalized spacial score (nSPS) is 32.1. The van der Waals surface area contributed by atoms with Crippen LogP contribution >= 0.6 is 0 Å². The number of aliphatic hydroxyl groups is 2. The molecule has 10 heteroatoms. The van der Waals surface area contributed by atoms with Gasteiger partial charge in [-0.1, -0.05) is 52.0 Å². The van der Waals surface area contributed by atoms with Crippen LogP contribution in [-0.4, -0.2) is 83.6 Å². The van der Waals surface area contributed by atoms with Crippen LogP contribution in [0.3, 0.4) is 0 Å². The van der Waals surface area contributed by atoms with Gasteiger partial charge in [-0.25, -0.2) is 4.79 Å². The van der Waals surface area contributed by atoms with Gasteiger partial charge in [-0.15, -0.1) is 0 Å². The van der Waals surface area contributed by atoms with Crippen molar-refractivity contribution < 1.29 is 48.3 Å². The lowest BCUT2D eigenvalue weighted by atomic mass is 9.88. The number of ether oxygens (including phenoxy) is 5. The molecule has 1 fully saturated rings. The fraction of sp³-hybridized carbons (Fsp3) is 0.735. The van der Waals surface area contributed by atoms with Crippen molar-refractivity contribution in [1.29, 1.82) is 0 Å². The molecule has 2 N–H and O–H groups in total. The second kappa shape index (κ2) is 17.8. The maximum absolute atomic E-state index is 13.1. The fourth-order valence-corrected chi connectivity index (χ4v) is 5.46. The Morgan fingerprint density at radius 3 is 2.52 bits per heavy atom. The zero-order valence-corrected chi connectivity index (χ0v) is 27.7. The molecular weight excluding hydrogens is 568 g/mol. The molecule has 0 saturated carbocycles. The van der Waals surface area contributed by atoms with Crippen molar-refractivity contribution in [3.63, 3.8) is 0 Å². The Bertz CT molecular complexity index is 1030. The van der Waals surface area contributed by atoms with Gasteiger partial charge in [0.2, 0.25) is 0 Å². The number of cyclic esters (lactones) is 1. The van der Waals surface area contributed by atoms with E-state index in [9.17, 15) is 24.6 Å². The van der Waals surface area contributed by atoms with Crippen LogP contribution in [0.4, 0.5) is 0 Å². The highest BCUT2D eigenvalue weighted by molar-refractivity contribution is 5.73. The van der Waals surface area contributed by atoms with Crippen molar-refractivity contribution in [1.82, 2.24) is 0 Å². The van der Waals surface area contributed by atoms with E-state index in [0.29, 0.717) is 13.0 Å². The number of hydrogen-bond donors (Lipinski definition) is 2. The molecule has 250 valence electrons. The molecule has 0 aromatic heterocycles. The minimum atomic E-state index is -1.48. The number of carbonyl (C=O) groups excluding carboxylic acids is 3. The number of rotatable bonds is 13. The zero-order valence-electron chi connectivity index (χ0n) is 27.7.